The topological polar surface area (TPSA) is 41.6 Å². The van der Waals surface area contributed by atoms with E-state index in [0.29, 0.717) is 16.8 Å². The zero-order chi connectivity index (χ0) is 17.1. The molecule has 0 bridgehead atoms. The molecule has 0 amide bonds. The summed E-state index contributed by atoms with van der Waals surface area (Å²) < 4.78 is 18.7. The minimum absolute atomic E-state index is 0.0221. The zero-order valence-corrected chi connectivity index (χ0v) is 14.9. The molecular formula is C16H20ClFN2O2S. The Kier molecular flexibility index (Phi) is 5.81. The number of rotatable bonds is 5. The van der Waals surface area contributed by atoms with Crippen LogP contribution < -0.4 is 10.2 Å². The van der Waals surface area contributed by atoms with E-state index in [1.165, 1.54) is 12.1 Å². The van der Waals surface area contributed by atoms with Crippen molar-refractivity contribution in [1.82, 2.24) is 5.32 Å². The number of thiocarbonyl (C=S) groups is 1. The average Bonchev–Trinajstić information content (AvgIpc) is 3.26. The van der Waals surface area contributed by atoms with Crippen LogP contribution in [0.25, 0.3) is 0 Å². The molecule has 1 fully saturated rings. The standard InChI is InChI=1S/C16H20ClFN2O2S/c1-9(2)22-15(21)10(3)20(16(23)19-11-4-5-11)12-6-7-14(18)13(17)8-12/h6-11H,4-5H2,1-3H3,(H,19,23)/t10-/m0/s1. The first-order chi connectivity index (χ1) is 10.8. The van der Waals surface area contributed by atoms with Crippen molar-refractivity contribution < 1.29 is 13.9 Å². The Hall–Kier alpha value is -1.40. The van der Waals surface area contributed by atoms with Gasteiger partial charge >= 0.3 is 5.97 Å². The van der Waals surface area contributed by atoms with E-state index in [9.17, 15) is 9.18 Å². The van der Waals surface area contributed by atoms with E-state index in [1.54, 1.807) is 31.7 Å². The first kappa shape index (κ1) is 17.9. The molecule has 0 aliphatic heterocycles. The van der Waals surface area contributed by atoms with Crippen LogP contribution in [0.5, 0.6) is 0 Å². The molecule has 1 saturated carbocycles. The molecule has 0 heterocycles. The number of carbonyl (C=O) groups is 1. The predicted molar refractivity (Wildman–Crippen MR) is 93.3 cm³/mol. The van der Waals surface area contributed by atoms with E-state index in [0.717, 1.165) is 12.8 Å². The summed E-state index contributed by atoms with van der Waals surface area (Å²) in [6.07, 6.45) is 1.86. The fraction of sp³-hybridized carbons (Fsp3) is 0.500. The molecule has 4 nitrogen and oxygen atoms in total. The summed E-state index contributed by atoms with van der Waals surface area (Å²) in [5.74, 6) is -0.922. The second kappa shape index (κ2) is 7.45. The molecule has 0 aromatic heterocycles. The van der Waals surface area contributed by atoms with E-state index < -0.39 is 17.8 Å². The summed E-state index contributed by atoms with van der Waals surface area (Å²) in [7, 11) is 0. The molecular weight excluding hydrogens is 339 g/mol. The van der Waals surface area contributed by atoms with Crippen LogP contribution in [0, 0.1) is 5.82 Å². The summed E-state index contributed by atoms with van der Waals surface area (Å²) in [6, 6.07) is 3.93. The molecule has 0 radical (unpaired) electrons. The number of nitrogens with one attached hydrogen (secondary N) is 1. The number of benzene rings is 1. The van der Waals surface area contributed by atoms with Gasteiger partial charge in [0.15, 0.2) is 5.11 Å². The molecule has 23 heavy (non-hydrogen) atoms. The molecule has 0 spiro atoms. The van der Waals surface area contributed by atoms with Gasteiger partial charge in [-0.1, -0.05) is 11.6 Å². The highest BCUT2D eigenvalue weighted by atomic mass is 35.5. The van der Waals surface area contributed by atoms with Crippen LogP contribution in [0.4, 0.5) is 10.1 Å². The SMILES string of the molecule is CC(C)OC(=O)[C@H](C)N(C(=S)NC1CC1)c1ccc(F)c(Cl)c1. The predicted octanol–water partition coefficient (Wildman–Crippen LogP) is 3.66. The lowest BCUT2D eigenvalue weighted by atomic mass is 10.2. The van der Waals surface area contributed by atoms with Gasteiger partial charge in [0.1, 0.15) is 11.9 Å². The number of carbonyl (C=O) groups excluding carboxylic acids is 1. The van der Waals surface area contributed by atoms with Crippen LogP contribution in [0.2, 0.25) is 5.02 Å². The van der Waals surface area contributed by atoms with E-state index in [2.05, 4.69) is 5.32 Å². The highest BCUT2D eigenvalue weighted by Gasteiger charge is 2.31. The third kappa shape index (κ3) is 4.78. The fourth-order valence-electron chi connectivity index (χ4n) is 2.06. The van der Waals surface area contributed by atoms with Crippen LogP contribution in [-0.2, 0) is 9.53 Å². The van der Waals surface area contributed by atoms with Crippen molar-refractivity contribution in [2.24, 2.45) is 0 Å². The monoisotopic (exact) mass is 358 g/mol. The summed E-state index contributed by atoms with van der Waals surface area (Å²) in [4.78, 5) is 13.9. The molecule has 1 aromatic rings. The lowest BCUT2D eigenvalue weighted by Crippen LogP contribution is -2.50. The maximum atomic E-state index is 13.4. The number of anilines is 1. The van der Waals surface area contributed by atoms with Gasteiger partial charge in [0.25, 0.3) is 0 Å². The summed E-state index contributed by atoms with van der Waals surface area (Å²) in [5.41, 5.74) is 0.544. The van der Waals surface area contributed by atoms with Gasteiger partial charge in [-0.2, -0.15) is 0 Å². The van der Waals surface area contributed by atoms with Gasteiger partial charge in [0.2, 0.25) is 0 Å². The molecule has 1 aromatic carbocycles. The lowest BCUT2D eigenvalue weighted by molar-refractivity contribution is -0.148. The first-order valence-electron chi connectivity index (χ1n) is 7.55. The van der Waals surface area contributed by atoms with E-state index >= 15 is 0 Å². The van der Waals surface area contributed by atoms with Gasteiger partial charge < -0.3 is 15.0 Å². The Bertz CT molecular complexity index is 608. The minimum Gasteiger partial charge on any atom is -0.461 e. The van der Waals surface area contributed by atoms with E-state index in [-0.39, 0.29) is 11.1 Å². The quantitative estimate of drug-likeness (QED) is 0.642. The number of hydrogen-bond acceptors (Lipinski definition) is 3. The number of ether oxygens (including phenoxy) is 1. The van der Waals surface area contributed by atoms with Gasteiger partial charge in [-0.25, -0.2) is 9.18 Å². The normalized spacial score (nSPS) is 15.2. The largest absolute Gasteiger partial charge is 0.461 e. The van der Waals surface area contributed by atoms with Crippen LogP contribution in [0.15, 0.2) is 18.2 Å². The Balaban J connectivity index is 2.27. The van der Waals surface area contributed by atoms with Crippen molar-refractivity contribution in [2.75, 3.05) is 4.90 Å². The molecule has 1 N–H and O–H groups in total. The average molecular weight is 359 g/mol. The fourth-order valence-corrected chi connectivity index (χ4v) is 2.66. The highest BCUT2D eigenvalue weighted by Crippen LogP contribution is 2.26. The summed E-state index contributed by atoms with van der Waals surface area (Å²) in [6.45, 7) is 5.26. The Morgan fingerprint density at radius 2 is 2.09 bits per heavy atom. The molecule has 0 saturated heterocycles. The van der Waals surface area contributed by atoms with Gasteiger partial charge in [-0.3, -0.25) is 0 Å². The van der Waals surface area contributed by atoms with E-state index in [1.807, 2.05) is 0 Å². The zero-order valence-electron chi connectivity index (χ0n) is 13.3. The smallest absolute Gasteiger partial charge is 0.329 e. The van der Waals surface area contributed by atoms with Crippen LogP contribution in [-0.4, -0.2) is 29.3 Å². The van der Waals surface area contributed by atoms with Crippen molar-refractivity contribution in [1.29, 1.82) is 0 Å². The molecule has 126 valence electrons. The number of esters is 1. The van der Waals surface area contributed by atoms with Crippen molar-refractivity contribution in [3.63, 3.8) is 0 Å². The van der Waals surface area contributed by atoms with Gasteiger partial charge in [-0.05, 0) is 64.0 Å². The van der Waals surface area contributed by atoms with Crippen LogP contribution in [0.3, 0.4) is 0 Å². The third-order valence-corrected chi connectivity index (χ3v) is 3.99. The number of halogens is 2. The third-order valence-electron chi connectivity index (χ3n) is 3.39. The molecule has 2 rings (SSSR count). The second-order valence-electron chi connectivity index (χ2n) is 5.85. The first-order valence-corrected chi connectivity index (χ1v) is 8.33. The van der Waals surface area contributed by atoms with Crippen molar-refractivity contribution in [2.45, 2.75) is 51.8 Å². The number of nitrogens with zero attached hydrogens (tertiary/aromatic N) is 1. The maximum Gasteiger partial charge on any atom is 0.329 e. The second-order valence-corrected chi connectivity index (χ2v) is 6.65. The van der Waals surface area contributed by atoms with Crippen LogP contribution >= 0.6 is 23.8 Å². The highest BCUT2D eigenvalue weighted by molar-refractivity contribution is 7.80. The van der Waals surface area contributed by atoms with Crippen LogP contribution in [0.1, 0.15) is 33.6 Å². The molecule has 1 atom stereocenters. The van der Waals surface area contributed by atoms with Crippen molar-refractivity contribution >= 4 is 40.6 Å². The Labute approximate surface area is 145 Å². The molecule has 1 aliphatic rings. The van der Waals surface area contributed by atoms with Gasteiger partial charge in [0, 0.05) is 11.7 Å². The lowest BCUT2D eigenvalue weighted by Gasteiger charge is -2.31. The summed E-state index contributed by atoms with van der Waals surface area (Å²) >= 11 is 11.3. The van der Waals surface area contributed by atoms with Gasteiger partial charge in [0.05, 0.1) is 11.1 Å². The molecule has 1 aliphatic carbocycles. The Morgan fingerprint density at radius 3 is 2.61 bits per heavy atom. The van der Waals surface area contributed by atoms with Gasteiger partial charge in [-0.15, -0.1) is 0 Å². The molecule has 0 unspecified atom stereocenters. The van der Waals surface area contributed by atoms with Crippen molar-refractivity contribution in [3.05, 3.63) is 29.0 Å². The number of hydrogen-bond donors (Lipinski definition) is 1. The maximum absolute atomic E-state index is 13.4. The summed E-state index contributed by atoms with van der Waals surface area (Å²) in [5, 5.41) is 3.57. The van der Waals surface area contributed by atoms with E-state index in [4.69, 9.17) is 28.6 Å². The molecule has 7 heteroatoms. The van der Waals surface area contributed by atoms with Crippen molar-refractivity contribution in [3.8, 4) is 0 Å². The minimum atomic E-state index is -0.655. The Morgan fingerprint density at radius 1 is 1.43 bits per heavy atom.